The Hall–Kier alpha value is -1.06. The maximum absolute atomic E-state index is 13.3. The van der Waals surface area contributed by atoms with E-state index in [-0.39, 0.29) is 11.2 Å². The molecule has 0 aliphatic heterocycles. The summed E-state index contributed by atoms with van der Waals surface area (Å²) >= 11 is 8.05. The molecule has 0 aliphatic carbocycles. The van der Waals surface area contributed by atoms with Gasteiger partial charge in [0.05, 0.1) is 12.5 Å². The standard InChI is InChI=1S/C14H14ClFOS/c1-8-4-10(16)5-9(2)13(8)14(15)12-6-11(17-3)7-18-12/h4-7,14H,1-3H3. The van der Waals surface area contributed by atoms with Crippen LogP contribution in [0.3, 0.4) is 0 Å². The molecule has 0 radical (unpaired) electrons. The zero-order valence-corrected chi connectivity index (χ0v) is 12.0. The van der Waals surface area contributed by atoms with Gasteiger partial charge in [0.1, 0.15) is 11.6 Å². The fourth-order valence-corrected chi connectivity index (χ4v) is 3.44. The van der Waals surface area contributed by atoms with E-state index in [1.807, 2.05) is 25.3 Å². The van der Waals surface area contributed by atoms with E-state index >= 15 is 0 Å². The predicted molar refractivity (Wildman–Crippen MR) is 74.4 cm³/mol. The van der Waals surface area contributed by atoms with Gasteiger partial charge in [-0.1, -0.05) is 0 Å². The van der Waals surface area contributed by atoms with E-state index in [4.69, 9.17) is 16.3 Å². The molecule has 1 aromatic heterocycles. The number of aryl methyl sites for hydroxylation is 2. The van der Waals surface area contributed by atoms with Gasteiger partial charge in [0.2, 0.25) is 0 Å². The molecule has 0 amide bonds. The predicted octanol–water partition coefficient (Wildman–Crippen LogP) is 4.84. The van der Waals surface area contributed by atoms with Gasteiger partial charge in [0.15, 0.2) is 0 Å². The summed E-state index contributed by atoms with van der Waals surface area (Å²) in [6.45, 7) is 3.76. The molecule has 0 saturated carbocycles. The Morgan fingerprint density at radius 1 is 1.22 bits per heavy atom. The molecule has 1 aromatic carbocycles. The summed E-state index contributed by atoms with van der Waals surface area (Å²) in [5.74, 6) is 0.583. The molecule has 0 fully saturated rings. The molecule has 2 rings (SSSR count). The molecule has 0 N–H and O–H groups in total. The normalized spacial score (nSPS) is 12.5. The molecule has 0 spiro atoms. The molecule has 4 heteroatoms. The first-order valence-corrected chi connectivity index (χ1v) is 6.87. The van der Waals surface area contributed by atoms with Crippen molar-refractivity contribution >= 4 is 22.9 Å². The van der Waals surface area contributed by atoms with Crippen molar-refractivity contribution in [1.29, 1.82) is 0 Å². The molecule has 0 bridgehead atoms. The van der Waals surface area contributed by atoms with Crippen molar-refractivity contribution in [2.24, 2.45) is 0 Å². The van der Waals surface area contributed by atoms with Gasteiger partial charge in [0.25, 0.3) is 0 Å². The van der Waals surface area contributed by atoms with Crippen LogP contribution in [0.4, 0.5) is 4.39 Å². The number of hydrogen-bond donors (Lipinski definition) is 0. The van der Waals surface area contributed by atoms with Gasteiger partial charge < -0.3 is 4.74 Å². The van der Waals surface area contributed by atoms with E-state index in [1.54, 1.807) is 18.4 Å². The quantitative estimate of drug-likeness (QED) is 0.733. The minimum absolute atomic E-state index is 0.221. The van der Waals surface area contributed by atoms with Crippen molar-refractivity contribution in [1.82, 2.24) is 0 Å². The first kappa shape index (κ1) is 13.4. The fourth-order valence-electron chi connectivity index (χ4n) is 2.04. The number of thiophene rings is 1. The number of halogens is 2. The van der Waals surface area contributed by atoms with Crippen LogP contribution in [0, 0.1) is 19.7 Å². The van der Waals surface area contributed by atoms with E-state index in [9.17, 15) is 4.39 Å². The summed E-state index contributed by atoms with van der Waals surface area (Å²) < 4.78 is 18.4. The zero-order chi connectivity index (χ0) is 13.3. The van der Waals surface area contributed by atoms with E-state index in [0.717, 1.165) is 27.3 Å². The van der Waals surface area contributed by atoms with Crippen LogP contribution in [-0.2, 0) is 0 Å². The summed E-state index contributed by atoms with van der Waals surface area (Å²) in [5.41, 5.74) is 2.72. The molecule has 1 atom stereocenters. The van der Waals surface area contributed by atoms with E-state index in [0.29, 0.717) is 0 Å². The Labute approximate surface area is 115 Å². The highest BCUT2D eigenvalue weighted by molar-refractivity contribution is 7.10. The lowest BCUT2D eigenvalue weighted by Crippen LogP contribution is -1.99. The number of ether oxygens (including phenoxy) is 1. The first-order chi connectivity index (χ1) is 8.52. The summed E-state index contributed by atoms with van der Waals surface area (Å²) in [6.07, 6.45) is 0. The van der Waals surface area contributed by atoms with Crippen LogP contribution in [0.25, 0.3) is 0 Å². The van der Waals surface area contributed by atoms with Crippen LogP contribution in [0.1, 0.15) is 26.9 Å². The molecular formula is C14H14ClFOS. The third-order valence-corrected chi connectivity index (χ3v) is 4.45. The Morgan fingerprint density at radius 2 is 1.83 bits per heavy atom. The summed E-state index contributed by atoms with van der Waals surface area (Å²) in [4.78, 5) is 1.01. The average Bonchev–Trinajstić information content (AvgIpc) is 2.75. The molecule has 1 nitrogen and oxygen atoms in total. The second-order valence-corrected chi connectivity index (χ2v) is 5.58. The Morgan fingerprint density at radius 3 is 2.33 bits per heavy atom. The van der Waals surface area contributed by atoms with Crippen LogP contribution in [0.5, 0.6) is 5.75 Å². The van der Waals surface area contributed by atoms with Crippen molar-refractivity contribution in [2.45, 2.75) is 19.2 Å². The smallest absolute Gasteiger partial charge is 0.129 e. The Kier molecular flexibility index (Phi) is 3.93. The number of rotatable bonds is 3. The van der Waals surface area contributed by atoms with Crippen LogP contribution in [0.15, 0.2) is 23.6 Å². The highest BCUT2D eigenvalue weighted by Gasteiger charge is 2.18. The minimum Gasteiger partial charge on any atom is -0.496 e. The van der Waals surface area contributed by atoms with Crippen molar-refractivity contribution in [2.75, 3.05) is 7.11 Å². The van der Waals surface area contributed by atoms with Crippen molar-refractivity contribution in [3.63, 3.8) is 0 Å². The number of alkyl halides is 1. The molecule has 0 aliphatic rings. The molecule has 2 aromatic rings. The number of methoxy groups -OCH3 is 1. The topological polar surface area (TPSA) is 9.23 Å². The van der Waals surface area contributed by atoms with Gasteiger partial charge in [-0.3, -0.25) is 0 Å². The Bertz CT molecular complexity index is 542. The highest BCUT2D eigenvalue weighted by Crippen LogP contribution is 2.38. The maximum atomic E-state index is 13.3. The lowest BCUT2D eigenvalue weighted by molar-refractivity contribution is 0.416. The van der Waals surface area contributed by atoms with Crippen LogP contribution < -0.4 is 4.74 Å². The third-order valence-electron chi connectivity index (χ3n) is 2.89. The molecule has 1 unspecified atom stereocenters. The molecular weight excluding hydrogens is 271 g/mol. The summed E-state index contributed by atoms with van der Waals surface area (Å²) in [6, 6.07) is 4.95. The lowest BCUT2D eigenvalue weighted by atomic mass is 9.98. The fraction of sp³-hybridized carbons (Fsp3) is 0.286. The van der Waals surface area contributed by atoms with Crippen LogP contribution in [0.2, 0.25) is 0 Å². The Balaban J connectivity index is 2.42. The van der Waals surface area contributed by atoms with E-state index in [2.05, 4.69) is 0 Å². The van der Waals surface area contributed by atoms with Crippen molar-refractivity contribution < 1.29 is 9.13 Å². The van der Waals surface area contributed by atoms with Gasteiger partial charge in [-0.25, -0.2) is 4.39 Å². The first-order valence-electron chi connectivity index (χ1n) is 5.56. The molecule has 0 saturated heterocycles. The molecule has 18 heavy (non-hydrogen) atoms. The van der Waals surface area contributed by atoms with Crippen LogP contribution in [-0.4, -0.2) is 7.11 Å². The zero-order valence-electron chi connectivity index (χ0n) is 10.5. The van der Waals surface area contributed by atoms with Gasteiger partial charge in [0, 0.05) is 10.3 Å². The van der Waals surface area contributed by atoms with Gasteiger partial charge in [-0.05, 0) is 48.7 Å². The van der Waals surface area contributed by atoms with E-state index in [1.165, 1.54) is 12.1 Å². The molecule has 1 heterocycles. The number of benzene rings is 1. The van der Waals surface area contributed by atoms with E-state index < -0.39 is 0 Å². The second kappa shape index (κ2) is 5.29. The molecule has 96 valence electrons. The average molecular weight is 285 g/mol. The largest absolute Gasteiger partial charge is 0.496 e. The van der Waals surface area contributed by atoms with Crippen LogP contribution >= 0.6 is 22.9 Å². The van der Waals surface area contributed by atoms with Gasteiger partial charge in [-0.15, -0.1) is 22.9 Å². The summed E-state index contributed by atoms with van der Waals surface area (Å²) in [5, 5.41) is 1.65. The highest BCUT2D eigenvalue weighted by atomic mass is 35.5. The monoisotopic (exact) mass is 284 g/mol. The minimum atomic E-state index is -0.264. The number of hydrogen-bond acceptors (Lipinski definition) is 2. The summed E-state index contributed by atoms with van der Waals surface area (Å²) in [7, 11) is 1.63. The van der Waals surface area contributed by atoms with Crippen molar-refractivity contribution in [3.05, 3.63) is 51.0 Å². The third kappa shape index (κ3) is 2.52. The maximum Gasteiger partial charge on any atom is 0.129 e. The lowest BCUT2D eigenvalue weighted by Gasteiger charge is -2.14. The van der Waals surface area contributed by atoms with Gasteiger partial charge in [-0.2, -0.15) is 0 Å². The second-order valence-electron chi connectivity index (χ2n) is 4.20. The van der Waals surface area contributed by atoms with Crippen molar-refractivity contribution in [3.8, 4) is 5.75 Å². The SMILES string of the molecule is COc1csc(C(Cl)c2c(C)cc(F)cc2C)c1. The van der Waals surface area contributed by atoms with Gasteiger partial charge >= 0.3 is 0 Å².